The van der Waals surface area contributed by atoms with Crippen LogP contribution in [0.15, 0.2) is 4.99 Å². The van der Waals surface area contributed by atoms with E-state index in [1.165, 1.54) is 0 Å². The third-order valence-corrected chi connectivity index (χ3v) is 4.14. The smallest absolute Gasteiger partial charge is 0.410 e. The van der Waals surface area contributed by atoms with Crippen LogP contribution in [0.2, 0.25) is 0 Å². The molecule has 0 aliphatic heterocycles. The highest BCUT2D eigenvalue weighted by Crippen LogP contribution is 2.08. The van der Waals surface area contributed by atoms with Crippen LogP contribution in [-0.2, 0) is 4.74 Å². The Morgan fingerprint density at radius 2 is 1.78 bits per heavy atom. The fraction of sp³-hybridized carbons (Fsp3) is 0.900. The van der Waals surface area contributed by atoms with Gasteiger partial charge in [0, 0.05) is 26.2 Å². The second kappa shape index (κ2) is 13.6. The van der Waals surface area contributed by atoms with E-state index in [1.54, 1.807) is 11.9 Å². The third-order valence-electron chi connectivity index (χ3n) is 4.14. The minimum Gasteiger partial charge on any atom is -0.444 e. The number of nitrogens with zero attached hydrogens (tertiary/aromatic N) is 3. The van der Waals surface area contributed by atoms with Gasteiger partial charge in [-0.3, -0.25) is 4.99 Å². The topological polar surface area (TPSA) is 69.2 Å². The number of hydrogen-bond acceptors (Lipinski definition) is 4. The van der Waals surface area contributed by atoms with Gasteiger partial charge in [0.2, 0.25) is 0 Å². The summed E-state index contributed by atoms with van der Waals surface area (Å²) in [6.07, 6.45) is 1.94. The lowest BCUT2D eigenvalue weighted by atomic mass is 10.2. The molecule has 0 saturated carbocycles. The van der Waals surface area contributed by atoms with Crippen LogP contribution in [0.25, 0.3) is 0 Å². The maximum Gasteiger partial charge on any atom is 0.410 e. The van der Waals surface area contributed by atoms with E-state index in [0.717, 1.165) is 45.0 Å². The Hall–Kier alpha value is -1.50. The predicted octanol–water partition coefficient (Wildman–Crippen LogP) is 2.92. The van der Waals surface area contributed by atoms with Crippen LogP contribution in [0.3, 0.4) is 0 Å². The molecule has 0 saturated heterocycles. The first-order valence-corrected chi connectivity index (χ1v) is 10.3. The summed E-state index contributed by atoms with van der Waals surface area (Å²) in [5.74, 6) is 0.797. The summed E-state index contributed by atoms with van der Waals surface area (Å²) in [7, 11) is 1.74. The molecule has 2 N–H and O–H groups in total. The zero-order valence-corrected chi connectivity index (χ0v) is 18.9. The van der Waals surface area contributed by atoms with Gasteiger partial charge in [-0.1, -0.05) is 13.8 Å². The van der Waals surface area contributed by atoms with E-state index in [2.05, 4.69) is 48.2 Å². The van der Waals surface area contributed by atoms with Gasteiger partial charge >= 0.3 is 6.09 Å². The zero-order chi connectivity index (χ0) is 20.9. The third kappa shape index (κ3) is 13.3. The van der Waals surface area contributed by atoms with Crippen molar-refractivity contribution in [2.45, 2.75) is 73.0 Å². The number of hydrogen-bond donors (Lipinski definition) is 2. The molecule has 0 aliphatic carbocycles. The SMILES string of the molecule is CCNC(=NCCN(C)C(=O)OC(C)(C)C)NC(C)CCCN(CC)CC. The van der Waals surface area contributed by atoms with Crippen LogP contribution in [0, 0.1) is 0 Å². The fourth-order valence-electron chi connectivity index (χ4n) is 2.53. The van der Waals surface area contributed by atoms with Crippen LogP contribution < -0.4 is 10.6 Å². The van der Waals surface area contributed by atoms with E-state index >= 15 is 0 Å². The Morgan fingerprint density at radius 3 is 2.30 bits per heavy atom. The number of rotatable bonds is 11. The first-order chi connectivity index (χ1) is 12.6. The van der Waals surface area contributed by atoms with E-state index in [9.17, 15) is 4.79 Å². The molecule has 1 amide bonds. The Kier molecular flexibility index (Phi) is 12.9. The molecule has 1 atom stereocenters. The van der Waals surface area contributed by atoms with Crippen LogP contribution in [0.5, 0.6) is 0 Å². The maximum absolute atomic E-state index is 12.0. The van der Waals surface area contributed by atoms with Crippen molar-refractivity contribution in [3.05, 3.63) is 0 Å². The molecule has 0 heterocycles. The Balaban J connectivity index is 4.38. The summed E-state index contributed by atoms with van der Waals surface area (Å²) >= 11 is 0. The molecule has 0 fully saturated rings. The standard InChI is InChI=1S/C20H43N5O2/c1-9-21-18(23-17(4)13-12-15-25(10-2)11-3)22-14-16-24(8)19(26)27-20(5,6)7/h17H,9-16H2,1-8H3,(H2,21,22,23). The highest BCUT2D eigenvalue weighted by molar-refractivity contribution is 5.80. The van der Waals surface area contributed by atoms with Gasteiger partial charge in [-0.2, -0.15) is 0 Å². The van der Waals surface area contributed by atoms with E-state index in [-0.39, 0.29) is 6.09 Å². The monoisotopic (exact) mass is 385 g/mol. The number of likely N-dealkylation sites (N-methyl/N-ethyl adjacent to an activating group) is 1. The molecule has 0 aromatic carbocycles. The van der Waals surface area contributed by atoms with Gasteiger partial charge in [0.05, 0.1) is 6.54 Å². The molecule has 0 radical (unpaired) electrons. The largest absolute Gasteiger partial charge is 0.444 e. The first kappa shape index (κ1) is 25.5. The van der Waals surface area contributed by atoms with Crippen molar-refractivity contribution in [3.8, 4) is 0 Å². The summed E-state index contributed by atoms with van der Waals surface area (Å²) in [6, 6.07) is 0.349. The van der Waals surface area contributed by atoms with Crippen LogP contribution in [0.4, 0.5) is 4.79 Å². The average molecular weight is 386 g/mol. The molecule has 7 heteroatoms. The van der Waals surface area contributed by atoms with E-state index in [4.69, 9.17) is 4.74 Å². The number of carbonyl (C=O) groups excluding carboxylic acids is 1. The van der Waals surface area contributed by atoms with Gasteiger partial charge in [0.15, 0.2) is 5.96 Å². The molecule has 0 rings (SSSR count). The second-order valence-corrected chi connectivity index (χ2v) is 7.88. The van der Waals surface area contributed by atoms with Crippen LogP contribution >= 0.6 is 0 Å². The van der Waals surface area contributed by atoms with Crippen LogP contribution in [-0.4, -0.2) is 79.8 Å². The summed E-state index contributed by atoms with van der Waals surface area (Å²) in [4.78, 5) is 20.6. The molecule has 0 aliphatic rings. The number of amides is 1. The van der Waals surface area contributed by atoms with Gasteiger partial charge in [0.1, 0.15) is 5.60 Å². The maximum atomic E-state index is 12.0. The molecule has 27 heavy (non-hydrogen) atoms. The zero-order valence-electron chi connectivity index (χ0n) is 18.9. The number of guanidine groups is 1. The molecule has 0 spiro atoms. The van der Waals surface area contributed by atoms with Gasteiger partial charge in [-0.25, -0.2) is 4.79 Å². The highest BCUT2D eigenvalue weighted by Gasteiger charge is 2.19. The summed E-state index contributed by atoms with van der Waals surface area (Å²) in [6.45, 7) is 19.4. The van der Waals surface area contributed by atoms with Crippen LogP contribution in [0.1, 0.15) is 61.3 Å². The lowest BCUT2D eigenvalue weighted by Crippen LogP contribution is -2.43. The first-order valence-electron chi connectivity index (χ1n) is 10.3. The number of carbonyl (C=O) groups is 1. The summed E-state index contributed by atoms with van der Waals surface area (Å²) < 4.78 is 5.35. The number of aliphatic imine (C=N–C) groups is 1. The molecule has 0 aromatic rings. The van der Waals surface area contributed by atoms with Crippen molar-refractivity contribution in [2.75, 3.05) is 46.3 Å². The molecule has 1 unspecified atom stereocenters. The van der Waals surface area contributed by atoms with Crippen molar-refractivity contribution in [2.24, 2.45) is 4.99 Å². The van der Waals surface area contributed by atoms with Crippen molar-refractivity contribution < 1.29 is 9.53 Å². The lowest BCUT2D eigenvalue weighted by Gasteiger charge is -2.24. The van der Waals surface area contributed by atoms with Gasteiger partial charge in [-0.15, -0.1) is 0 Å². The molecule has 7 nitrogen and oxygen atoms in total. The van der Waals surface area contributed by atoms with Crippen molar-refractivity contribution >= 4 is 12.1 Å². The fourth-order valence-corrected chi connectivity index (χ4v) is 2.53. The average Bonchev–Trinajstić information content (AvgIpc) is 2.57. The van der Waals surface area contributed by atoms with Crippen molar-refractivity contribution in [1.29, 1.82) is 0 Å². The van der Waals surface area contributed by atoms with Gasteiger partial charge < -0.3 is 25.2 Å². The van der Waals surface area contributed by atoms with Crippen molar-refractivity contribution in [1.82, 2.24) is 20.4 Å². The van der Waals surface area contributed by atoms with Crippen molar-refractivity contribution in [3.63, 3.8) is 0 Å². The van der Waals surface area contributed by atoms with E-state index < -0.39 is 5.60 Å². The molecule has 0 aromatic heterocycles. The molecular formula is C20H43N5O2. The summed E-state index contributed by atoms with van der Waals surface area (Å²) in [5.41, 5.74) is -0.480. The normalized spacial score (nSPS) is 13.4. The van der Waals surface area contributed by atoms with Gasteiger partial charge in [-0.05, 0) is 67.1 Å². The minimum absolute atomic E-state index is 0.319. The minimum atomic E-state index is -0.480. The Morgan fingerprint density at radius 1 is 1.15 bits per heavy atom. The predicted molar refractivity (Wildman–Crippen MR) is 114 cm³/mol. The molecular weight excluding hydrogens is 342 g/mol. The number of nitrogens with one attached hydrogen (secondary N) is 2. The van der Waals surface area contributed by atoms with E-state index in [1.807, 2.05) is 20.8 Å². The Bertz CT molecular complexity index is 431. The lowest BCUT2D eigenvalue weighted by molar-refractivity contribution is 0.0304. The quantitative estimate of drug-likeness (QED) is 0.423. The van der Waals surface area contributed by atoms with Gasteiger partial charge in [0.25, 0.3) is 0 Å². The molecule has 0 bridgehead atoms. The molecule has 160 valence electrons. The number of ether oxygens (including phenoxy) is 1. The second-order valence-electron chi connectivity index (χ2n) is 7.88. The Labute approximate surface area is 166 Å². The highest BCUT2D eigenvalue weighted by atomic mass is 16.6. The van der Waals surface area contributed by atoms with E-state index in [0.29, 0.717) is 19.1 Å². The summed E-state index contributed by atoms with van der Waals surface area (Å²) in [5, 5.41) is 6.72.